The lowest BCUT2D eigenvalue weighted by atomic mass is 10.1. The monoisotopic (exact) mass is 476 g/mol. The quantitative estimate of drug-likeness (QED) is 0.540. The second kappa shape index (κ2) is 9.95. The van der Waals surface area contributed by atoms with Crippen molar-refractivity contribution in [2.75, 3.05) is 44.7 Å². The van der Waals surface area contributed by atoms with E-state index in [9.17, 15) is 9.59 Å². The summed E-state index contributed by atoms with van der Waals surface area (Å²) in [6.07, 6.45) is 1.50. The SMILES string of the molecule is COc1ccc(-c2nc(CN3CCN(C(=O)c4ccc(N5CCCC5=O)cc4)CC3)cs2)cc1. The lowest BCUT2D eigenvalue weighted by Gasteiger charge is -2.34. The van der Waals surface area contributed by atoms with E-state index < -0.39 is 0 Å². The van der Waals surface area contributed by atoms with Crippen LogP contribution in [0.2, 0.25) is 0 Å². The average Bonchev–Trinajstić information content (AvgIpc) is 3.53. The van der Waals surface area contributed by atoms with E-state index in [1.54, 1.807) is 23.3 Å². The van der Waals surface area contributed by atoms with E-state index in [-0.39, 0.29) is 11.8 Å². The highest BCUT2D eigenvalue weighted by atomic mass is 32.1. The number of methoxy groups -OCH3 is 1. The molecule has 0 radical (unpaired) electrons. The molecule has 0 saturated carbocycles. The van der Waals surface area contributed by atoms with Gasteiger partial charge < -0.3 is 14.5 Å². The minimum atomic E-state index is 0.0504. The highest BCUT2D eigenvalue weighted by Gasteiger charge is 2.24. The second-order valence-corrected chi connectivity index (χ2v) is 9.49. The van der Waals surface area contributed by atoms with Crippen LogP contribution in [0, 0.1) is 0 Å². The fraction of sp³-hybridized carbons (Fsp3) is 0.346. The third-order valence-corrected chi connectivity index (χ3v) is 7.37. The molecule has 0 aliphatic carbocycles. The first-order chi connectivity index (χ1) is 16.6. The molecule has 0 unspecified atom stereocenters. The summed E-state index contributed by atoms with van der Waals surface area (Å²) < 4.78 is 5.23. The molecular weight excluding hydrogens is 448 g/mol. The molecule has 2 amide bonds. The van der Waals surface area contributed by atoms with Gasteiger partial charge in [-0.1, -0.05) is 0 Å². The molecule has 5 rings (SSSR count). The number of piperazine rings is 1. The highest BCUT2D eigenvalue weighted by molar-refractivity contribution is 7.13. The normalized spacial score (nSPS) is 16.8. The molecule has 2 aliphatic heterocycles. The summed E-state index contributed by atoms with van der Waals surface area (Å²) in [7, 11) is 1.66. The van der Waals surface area contributed by atoms with Crippen molar-refractivity contribution in [3.05, 3.63) is 65.2 Å². The Morgan fingerprint density at radius 1 is 1.00 bits per heavy atom. The molecule has 2 aliphatic rings. The van der Waals surface area contributed by atoms with Gasteiger partial charge in [-0.2, -0.15) is 0 Å². The molecule has 176 valence electrons. The van der Waals surface area contributed by atoms with Gasteiger partial charge in [-0.15, -0.1) is 11.3 Å². The third kappa shape index (κ3) is 4.83. The topological polar surface area (TPSA) is 66.0 Å². The molecule has 34 heavy (non-hydrogen) atoms. The largest absolute Gasteiger partial charge is 0.497 e. The number of anilines is 1. The lowest BCUT2D eigenvalue weighted by molar-refractivity contribution is -0.117. The van der Waals surface area contributed by atoms with Crippen LogP contribution in [0.4, 0.5) is 5.69 Å². The molecule has 0 bridgehead atoms. The predicted octanol–water partition coefficient (Wildman–Crippen LogP) is 3.90. The Kier molecular flexibility index (Phi) is 6.60. The van der Waals surface area contributed by atoms with Crippen molar-refractivity contribution in [1.29, 1.82) is 0 Å². The van der Waals surface area contributed by atoms with Crippen molar-refractivity contribution in [2.45, 2.75) is 19.4 Å². The van der Waals surface area contributed by atoms with Crippen LogP contribution in [0.1, 0.15) is 28.9 Å². The predicted molar refractivity (Wildman–Crippen MR) is 133 cm³/mol. The van der Waals surface area contributed by atoms with Crippen LogP contribution in [-0.2, 0) is 11.3 Å². The molecular formula is C26H28N4O3S. The summed E-state index contributed by atoms with van der Waals surface area (Å²) in [6, 6.07) is 15.4. The molecule has 7 nitrogen and oxygen atoms in total. The third-order valence-electron chi connectivity index (χ3n) is 6.43. The Morgan fingerprint density at radius 2 is 1.74 bits per heavy atom. The molecule has 2 fully saturated rings. The van der Waals surface area contributed by atoms with Gasteiger partial charge in [0.15, 0.2) is 0 Å². The van der Waals surface area contributed by atoms with Gasteiger partial charge in [0.2, 0.25) is 5.91 Å². The number of aromatic nitrogens is 1. The Bertz CT molecular complexity index is 1150. The Labute approximate surface area is 203 Å². The molecule has 3 aromatic rings. The number of benzene rings is 2. The zero-order valence-electron chi connectivity index (χ0n) is 19.3. The number of thiazole rings is 1. The van der Waals surface area contributed by atoms with Crippen LogP contribution in [-0.4, -0.2) is 66.4 Å². The van der Waals surface area contributed by atoms with Crippen LogP contribution >= 0.6 is 11.3 Å². The van der Waals surface area contributed by atoms with Gasteiger partial charge in [-0.25, -0.2) is 4.98 Å². The van der Waals surface area contributed by atoms with Crippen molar-refractivity contribution in [3.63, 3.8) is 0 Å². The fourth-order valence-electron chi connectivity index (χ4n) is 4.47. The van der Waals surface area contributed by atoms with Crippen LogP contribution in [0.15, 0.2) is 53.9 Å². The fourth-order valence-corrected chi connectivity index (χ4v) is 5.29. The number of hydrogen-bond donors (Lipinski definition) is 0. The van der Waals surface area contributed by atoms with E-state index in [2.05, 4.69) is 10.3 Å². The second-order valence-electron chi connectivity index (χ2n) is 8.64. The molecule has 2 aromatic carbocycles. The molecule has 1 aromatic heterocycles. The van der Waals surface area contributed by atoms with Gasteiger partial charge in [0, 0.05) is 67.9 Å². The first kappa shape index (κ1) is 22.6. The standard InChI is InChI=1S/C26H28N4O3S/c1-33-23-10-6-19(7-11-23)25-27-21(18-34-25)17-28-13-15-29(16-14-28)26(32)20-4-8-22(9-5-20)30-12-2-3-24(30)31/h4-11,18H,2-3,12-17H2,1H3. The van der Waals surface area contributed by atoms with E-state index in [1.165, 1.54) is 0 Å². The van der Waals surface area contributed by atoms with Gasteiger partial charge in [0.1, 0.15) is 10.8 Å². The maximum Gasteiger partial charge on any atom is 0.253 e. The van der Waals surface area contributed by atoms with Gasteiger partial charge >= 0.3 is 0 Å². The summed E-state index contributed by atoms with van der Waals surface area (Å²) in [5.74, 6) is 1.05. The average molecular weight is 477 g/mol. The van der Waals surface area contributed by atoms with Crippen molar-refractivity contribution < 1.29 is 14.3 Å². The van der Waals surface area contributed by atoms with Crippen LogP contribution in [0.5, 0.6) is 5.75 Å². The van der Waals surface area contributed by atoms with Crippen molar-refractivity contribution in [2.24, 2.45) is 0 Å². The van der Waals surface area contributed by atoms with Gasteiger partial charge in [-0.05, 0) is 55.0 Å². The summed E-state index contributed by atoms with van der Waals surface area (Å²) in [6.45, 7) is 4.58. The van der Waals surface area contributed by atoms with E-state index in [1.807, 2.05) is 53.4 Å². The number of hydrogen-bond acceptors (Lipinski definition) is 6. The van der Waals surface area contributed by atoms with Gasteiger partial charge in [0.25, 0.3) is 5.91 Å². The zero-order valence-corrected chi connectivity index (χ0v) is 20.1. The highest BCUT2D eigenvalue weighted by Crippen LogP contribution is 2.26. The van der Waals surface area contributed by atoms with Crippen LogP contribution in [0.25, 0.3) is 10.6 Å². The van der Waals surface area contributed by atoms with Gasteiger partial charge in [-0.3, -0.25) is 14.5 Å². The molecule has 0 spiro atoms. The molecule has 2 saturated heterocycles. The minimum absolute atomic E-state index is 0.0504. The van der Waals surface area contributed by atoms with Crippen molar-refractivity contribution in [1.82, 2.24) is 14.8 Å². The minimum Gasteiger partial charge on any atom is -0.497 e. The number of carbonyl (C=O) groups is 2. The maximum absolute atomic E-state index is 13.0. The molecule has 8 heteroatoms. The van der Waals surface area contributed by atoms with E-state index >= 15 is 0 Å². The number of nitrogens with zero attached hydrogens (tertiary/aromatic N) is 4. The first-order valence-corrected chi connectivity index (χ1v) is 12.5. The Morgan fingerprint density at radius 3 is 2.38 bits per heavy atom. The van der Waals surface area contributed by atoms with Crippen molar-refractivity contribution >= 4 is 28.8 Å². The summed E-state index contributed by atoms with van der Waals surface area (Å²) in [5, 5.41) is 3.12. The van der Waals surface area contributed by atoms with E-state index in [4.69, 9.17) is 9.72 Å². The number of ether oxygens (including phenoxy) is 1. The maximum atomic E-state index is 13.0. The molecule has 3 heterocycles. The van der Waals surface area contributed by atoms with Crippen LogP contribution in [0.3, 0.4) is 0 Å². The molecule has 0 atom stereocenters. The van der Waals surface area contributed by atoms with Crippen LogP contribution < -0.4 is 9.64 Å². The Hall–Kier alpha value is -3.23. The smallest absolute Gasteiger partial charge is 0.253 e. The lowest BCUT2D eigenvalue weighted by Crippen LogP contribution is -2.48. The summed E-state index contributed by atoms with van der Waals surface area (Å²) in [4.78, 5) is 35.8. The summed E-state index contributed by atoms with van der Waals surface area (Å²) in [5.41, 5.74) is 3.70. The van der Waals surface area contributed by atoms with E-state index in [0.29, 0.717) is 25.1 Å². The number of rotatable bonds is 6. The van der Waals surface area contributed by atoms with Gasteiger partial charge in [0.05, 0.1) is 12.8 Å². The zero-order chi connectivity index (χ0) is 23.5. The number of amides is 2. The number of carbonyl (C=O) groups excluding carboxylic acids is 2. The van der Waals surface area contributed by atoms with Crippen molar-refractivity contribution in [3.8, 4) is 16.3 Å². The first-order valence-electron chi connectivity index (χ1n) is 11.6. The Balaban J connectivity index is 1.14. The van der Waals surface area contributed by atoms with E-state index in [0.717, 1.165) is 60.3 Å². The molecule has 0 N–H and O–H groups in total. The summed E-state index contributed by atoms with van der Waals surface area (Å²) >= 11 is 1.65.